The highest BCUT2D eigenvalue weighted by Crippen LogP contribution is 2.25. The molecule has 0 amide bonds. The van der Waals surface area contributed by atoms with Crippen LogP contribution in [0.5, 0.6) is 0 Å². The van der Waals surface area contributed by atoms with Crippen LogP contribution in [0.25, 0.3) is 0 Å². The van der Waals surface area contributed by atoms with Gasteiger partial charge in [0.2, 0.25) is 0 Å². The minimum atomic E-state index is 0.0744. The molecule has 1 aliphatic heterocycles. The third-order valence-electron chi connectivity index (χ3n) is 4.73. The molecule has 5 nitrogen and oxygen atoms in total. The highest BCUT2D eigenvalue weighted by molar-refractivity contribution is 5.80. The molecule has 2 heterocycles. The van der Waals surface area contributed by atoms with Gasteiger partial charge in [-0.2, -0.15) is 0 Å². The summed E-state index contributed by atoms with van der Waals surface area (Å²) in [5.41, 5.74) is 4.72. The first-order valence-corrected chi connectivity index (χ1v) is 9.30. The van der Waals surface area contributed by atoms with Crippen molar-refractivity contribution in [3.63, 3.8) is 0 Å². The summed E-state index contributed by atoms with van der Waals surface area (Å²) < 4.78 is 6.05. The maximum absolute atomic E-state index is 6.05. The Morgan fingerprint density at radius 3 is 2.81 bits per heavy atom. The van der Waals surface area contributed by atoms with Crippen molar-refractivity contribution in [2.24, 2.45) is 4.99 Å². The van der Waals surface area contributed by atoms with Gasteiger partial charge in [0.25, 0.3) is 0 Å². The second-order valence-electron chi connectivity index (χ2n) is 6.60. The molecule has 1 fully saturated rings. The standard InChI is InChI=1S/C21H28N4O/c1-4-22-21(24-14-19-17(3)9-7-11-23-19)25-12-13-26-20(15-25)18-10-6-5-8-16(18)2/h5-11,20H,4,12-15H2,1-3H3,(H,22,24). The van der Waals surface area contributed by atoms with Gasteiger partial charge in [0.15, 0.2) is 5.96 Å². The first-order chi connectivity index (χ1) is 12.7. The number of hydrogen-bond donors (Lipinski definition) is 1. The van der Waals surface area contributed by atoms with Crippen LogP contribution in [0, 0.1) is 13.8 Å². The molecule has 0 spiro atoms. The quantitative estimate of drug-likeness (QED) is 0.678. The zero-order chi connectivity index (χ0) is 18.4. The first-order valence-electron chi connectivity index (χ1n) is 9.30. The van der Waals surface area contributed by atoms with Gasteiger partial charge in [-0.25, -0.2) is 4.99 Å². The van der Waals surface area contributed by atoms with Crippen molar-refractivity contribution >= 4 is 5.96 Å². The molecule has 1 atom stereocenters. The summed E-state index contributed by atoms with van der Waals surface area (Å²) >= 11 is 0. The van der Waals surface area contributed by atoms with Crippen LogP contribution in [0.3, 0.4) is 0 Å². The van der Waals surface area contributed by atoms with Crippen molar-refractivity contribution in [2.45, 2.75) is 33.4 Å². The maximum Gasteiger partial charge on any atom is 0.194 e. The molecule has 1 aromatic carbocycles. The number of aryl methyl sites for hydroxylation is 2. The predicted octanol–water partition coefficient (Wildman–Crippen LogP) is 3.24. The zero-order valence-electron chi connectivity index (χ0n) is 15.9. The molecule has 1 aromatic heterocycles. The molecule has 0 saturated carbocycles. The fourth-order valence-corrected chi connectivity index (χ4v) is 3.24. The summed E-state index contributed by atoms with van der Waals surface area (Å²) in [5, 5.41) is 3.42. The number of ether oxygens (including phenoxy) is 1. The number of rotatable bonds is 4. The summed E-state index contributed by atoms with van der Waals surface area (Å²) in [5.74, 6) is 0.930. The molecule has 0 bridgehead atoms. The minimum Gasteiger partial charge on any atom is -0.370 e. The molecule has 5 heteroatoms. The Kier molecular flexibility index (Phi) is 6.23. The minimum absolute atomic E-state index is 0.0744. The molecule has 0 aliphatic carbocycles. The summed E-state index contributed by atoms with van der Waals surface area (Å²) in [4.78, 5) is 11.6. The Bertz CT molecular complexity index is 759. The monoisotopic (exact) mass is 352 g/mol. The SMILES string of the molecule is CCNC(=NCc1ncccc1C)N1CCOC(c2ccccc2C)C1. The van der Waals surface area contributed by atoms with Gasteiger partial charge < -0.3 is 15.0 Å². The topological polar surface area (TPSA) is 49.8 Å². The summed E-state index contributed by atoms with van der Waals surface area (Å²) in [7, 11) is 0. The van der Waals surface area contributed by atoms with E-state index in [-0.39, 0.29) is 6.10 Å². The van der Waals surface area contributed by atoms with Crippen LogP contribution in [0.4, 0.5) is 0 Å². The van der Waals surface area contributed by atoms with Crippen LogP contribution in [0.2, 0.25) is 0 Å². The number of nitrogens with zero attached hydrogens (tertiary/aromatic N) is 3. The molecule has 1 unspecified atom stereocenters. The number of nitrogens with one attached hydrogen (secondary N) is 1. The number of aromatic nitrogens is 1. The van der Waals surface area contributed by atoms with Crippen LogP contribution in [-0.4, -0.2) is 42.1 Å². The highest BCUT2D eigenvalue weighted by Gasteiger charge is 2.25. The first kappa shape index (κ1) is 18.4. The lowest BCUT2D eigenvalue weighted by atomic mass is 10.0. The smallest absolute Gasteiger partial charge is 0.194 e. The molecule has 0 radical (unpaired) electrons. The average Bonchev–Trinajstić information content (AvgIpc) is 2.67. The Labute approximate surface area is 156 Å². The van der Waals surface area contributed by atoms with Gasteiger partial charge in [0.05, 0.1) is 25.4 Å². The van der Waals surface area contributed by atoms with E-state index in [0.717, 1.165) is 31.3 Å². The Morgan fingerprint density at radius 1 is 1.23 bits per heavy atom. The van der Waals surface area contributed by atoms with Gasteiger partial charge >= 0.3 is 0 Å². The van der Waals surface area contributed by atoms with E-state index in [9.17, 15) is 0 Å². The molecule has 26 heavy (non-hydrogen) atoms. The van der Waals surface area contributed by atoms with Gasteiger partial charge in [-0.1, -0.05) is 30.3 Å². The van der Waals surface area contributed by atoms with Gasteiger partial charge in [0.1, 0.15) is 6.10 Å². The van der Waals surface area contributed by atoms with Gasteiger partial charge in [-0.3, -0.25) is 4.98 Å². The number of pyridine rings is 1. The lowest BCUT2D eigenvalue weighted by Crippen LogP contribution is -2.48. The third kappa shape index (κ3) is 4.41. The van der Waals surface area contributed by atoms with Crippen LogP contribution in [0.15, 0.2) is 47.6 Å². The van der Waals surface area contributed by atoms with E-state index in [1.807, 2.05) is 12.3 Å². The normalized spacial score (nSPS) is 18.0. The summed E-state index contributed by atoms with van der Waals surface area (Å²) in [6.45, 7) is 10.1. The summed E-state index contributed by atoms with van der Waals surface area (Å²) in [6, 6.07) is 12.5. The van der Waals surface area contributed by atoms with Crippen molar-refractivity contribution in [1.82, 2.24) is 15.2 Å². The van der Waals surface area contributed by atoms with E-state index < -0.39 is 0 Å². The molecule has 3 rings (SSSR count). The van der Waals surface area contributed by atoms with E-state index in [4.69, 9.17) is 9.73 Å². The lowest BCUT2D eigenvalue weighted by molar-refractivity contribution is -0.00834. The molecule has 2 aromatic rings. The highest BCUT2D eigenvalue weighted by atomic mass is 16.5. The van der Waals surface area contributed by atoms with Crippen LogP contribution < -0.4 is 5.32 Å². The number of guanidine groups is 1. The van der Waals surface area contributed by atoms with Crippen LogP contribution >= 0.6 is 0 Å². The zero-order valence-corrected chi connectivity index (χ0v) is 15.9. The molecular formula is C21H28N4O. The van der Waals surface area contributed by atoms with Gasteiger partial charge in [-0.15, -0.1) is 0 Å². The average molecular weight is 352 g/mol. The third-order valence-corrected chi connectivity index (χ3v) is 4.73. The maximum atomic E-state index is 6.05. The van der Waals surface area contributed by atoms with Gasteiger partial charge in [-0.05, 0) is 43.5 Å². The van der Waals surface area contributed by atoms with Crippen molar-refractivity contribution < 1.29 is 4.74 Å². The number of morpholine rings is 1. The van der Waals surface area contributed by atoms with E-state index in [2.05, 4.69) is 66.3 Å². The van der Waals surface area contributed by atoms with Crippen molar-refractivity contribution in [2.75, 3.05) is 26.2 Å². The van der Waals surface area contributed by atoms with Gasteiger partial charge in [0, 0.05) is 19.3 Å². The fraction of sp³-hybridized carbons (Fsp3) is 0.429. The van der Waals surface area contributed by atoms with E-state index in [1.165, 1.54) is 16.7 Å². The number of benzene rings is 1. The van der Waals surface area contributed by atoms with E-state index in [1.54, 1.807) is 0 Å². The Hall–Kier alpha value is -2.40. The molecular weight excluding hydrogens is 324 g/mol. The Balaban J connectivity index is 1.76. The second-order valence-corrected chi connectivity index (χ2v) is 6.60. The van der Waals surface area contributed by atoms with Crippen molar-refractivity contribution in [1.29, 1.82) is 0 Å². The predicted molar refractivity (Wildman–Crippen MR) is 105 cm³/mol. The molecule has 1 N–H and O–H groups in total. The molecule has 1 aliphatic rings. The molecule has 138 valence electrons. The van der Waals surface area contributed by atoms with E-state index in [0.29, 0.717) is 13.2 Å². The fourth-order valence-electron chi connectivity index (χ4n) is 3.24. The number of aliphatic imine (C=N–C) groups is 1. The van der Waals surface area contributed by atoms with Crippen LogP contribution in [0.1, 0.15) is 35.4 Å². The van der Waals surface area contributed by atoms with Crippen LogP contribution in [-0.2, 0) is 11.3 Å². The van der Waals surface area contributed by atoms with Crippen molar-refractivity contribution in [3.8, 4) is 0 Å². The van der Waals surface area contributed by atoms with Crippen molar-refractivity contribution in [3.05, 3.63) is 65.0 Å². The second kappa shape index (κ2) is 8.81. The summed E-state index contributed by atoms with van der Waals surface area (Å²) in [6.07, 6.45) is 1.90. The Morgan fingerprint density at radius 2 is 2.04 bits per heavy atom. The molecule has 1 saturated heterocycles. The largest absolute Gasteiger partial charge is 0.370 e. The number of hydrogen-bond acceptors (Lipinski definition) is 3. The van der Waals surface area contributed by atoms with E-state index >= 15 is 0 Å². The lowest BCUT2D eigenvalue weighted by Gasteiger charge is -2.35.